The molecule has 0 radical (unpaired) electrons. The average molecular weight is 301 g/mol. The molecule has 0 aliphatic carbocycles. The third-order valence-electron chi connectivity index (χ3n) is 2.67. The first-order valence-electron chi connectivity index (χ1n) is 5.65. The highest BCUT2D eigenvalue weighted by Crippen LogP contribution is 2.32. The molecule has 0 aliphatic rings. The first kappa shape index (κ1) is 14.0. The number of phenols is 1. The molecule has 2 N–H and O–H groups in total. The van der Waals surface area contributed by atoms with Crippen molar-refractivity contribution in [2.24, 2.45) is 0 Å². The van der Waals surface area contributed by atoms with Crippen LogP contribution in [0.15, 0.2) is 16.6 Å². The van der Waals surface area contributed by atoms with Gasteiger partial charge in [-0.05, 0) is 51.9 Å². The van der Waals surface area contributed by atoms with Gasteiger partial charge in [-0.15, -0.1) is 0 Å². The third-order valence-corrected chi connectivity index (χ3v) is 3.27. The molecule has 0 saturated heterocycles. The fourth-order valence-corrected chi connectivity index (χ4v) is 2.15. The van der Waals surface area contributed by atoms with Crippen molar-refractivity contribution >= 4 is 21.9 Å². The van der Waals surface area contributed by atoms with E-state index in [1.165, 1.54) is 0 Å². The number of carbonyl (C=O) groups is 1. The van der Waals surface area contributed by atoms with Crippen LogP contribution in [0.25, 0.3) is 0 Å². The van der Waals surface area contributed by atoms with Crippen LogP contribution in [0.2, 0.25) is 0 Å². The Balaban J connectivity index is 2.86. The lowest BCUT2D eigenvalue weighted by Crippen LogP contribution is -1.98. The Bertz CT molecular complexity index is 413. The van der Waals surface area contributed by atoms with Crippen LogP contribution in [0.4, 0.5) is 0 Å². The number of aromatic hydroxyl groups is 1. The lowest BCUT2D eigenvalue weighted by molar-refractivity contribution is -0.137. The number of hydrogen-bond donors (Lipinski definition) is 2. The Labute approximate surface area is 110 Å². The largest absolute Gasteiger partial charge is 0.506 e. The van der Waals surface area contributed by atoms with Gasteiger partial charge in [-0.25, -0.2) is 0 Å². The van der Waals surface area contributed by atoms with Crippen molar-refractivity contribution in [3.8, 4) is 5.75 Å². The summed E-state index contributed by atoms with van der Waals surface area (Å²) in [4.78, 5) is 10.4. The molecule has 0 atom stereocenters. The number of carboxylic acids is 1. The molecule has 0 fully saturated rings. The quantitative estimate of drug-likeness (QED) is 0.872. The minimum atomic E-state index is -0.802. The second-order valence-electron chi connectivity index (χ2n) is 4.41. The van der Waals surface area contributed by atoms with E-state index in [-0.39, 0.29) is 12.2 Å². The second-order valence-corrected chi connectivity index (χ2v) is 5.27. The van der Waals surface area contributed by atoms with Crippen molar-refractivity contribution in [2.75, 3.05) is 0 Å². The molecule has 0 spiro atoms. The first-order valence-corrected chi connectivity index (χ1v) is 6.44. The highest BCUT2D eigenvalue weighted by Gasteiger charge is 2.10. The fraction of sp³-hybridized carbons (Fsp3) is 0.462. The SMILES string of the molecule is CC(C)c1cc(Br)c(O)c(CCCC(=O)O)c1. The van der Waals surface area contributed by atoms with Crippen LogP contribution in [0.1, 0.15) is 43.7 Å². The van der Waals surface area contributed by atoms with Gasteiger partial charge in [0, 0.05) is 6.42 Å². The topological polar surface area (TPSA) is 57.5 Å². The molecule has 0 unspecified atom stereocenters. The average Bonchev–Trinajstić information content (AvgIpc) is 2.23. The van der Waals surface area contributed by atoms with Crippen molar-refractivity contribution in [3.05, 3.63) is 27.7 Å². The highest BCUT2D eigenvalue weighted by molar-refractivity contribution is 9.10. The molecular formula is C13H17BrO3. The van der Waals surface area contributed by atoms with Gasteiger partial charge in [-0.3, -0.25) is 4.79 Å². The summed E-state index contributed by atoms with van der Waals surface area (Å²) in [6.07, 6.45) is 1.25. The smallest absolute Gasteiger partial charge is 0.303 e. The van der Waals surface area contributed by atoms with E-state index in [4.69, 9.17) is 5.11 Å². The molecular weight excluding hydrogens is 284 g/mol. The normalized spacial score (nSPS) is 10.8. The molecule has 1 aromatic carbocycles. The maximum Gasteiger partial charge on any atom is 0.303 e. The number of benzene rings is 1. The van der Waals surface area contributed by atoms with Gasteiger partial charge >= 0.3 is 5.97 Å². The lowest BCUT2D eigenvalue weighted by Gasteiger charge is -2.12. The molecule has 0 saturated carbocycles. The van der Waals surface area contributed by atoms with Crippen LogP contribution in [-0.2, 0) is 11.2 Å². The van der Waals surface area contributed by atoms with Crippen LogP contribution < -0.4 is 0 Å². The minimum Gasteiger partial charge on any atom is -0.506 e. The van der Waals surface area contributed by atoms with Crippen molar-refractivity contribution in [3.63, 3.8) is 0 Å². The molecule has 17 heavy (non-hydrogen) atoms. The molecule has 0 amide bonds. The second kappa shape index (κ2) is 6.05. The van der Waals surface area contributed by atoms with E-state index in [9.17, 15) is 9.90 Å². The van der Waals surface area contributed by atoms with Crippen molar-refractivity contribution in [2.45, 2.75) is 39.0 Å². The van der Waals surface area contributed by atoms with Crippen LogP contribution in [-0.4, -0.2) is 16.2 Å². The number of hydrogen-bond acceptors (Lipinski definition) is 2. The van der Waals surface area contributed by atoms with E-state index in [1.54, 1.807) is 0 Å². The maximum atomic E-state index is 10.4. The number of carboxylic acid groups (broad SMARTS) is 1. The monoisotopic (exact) mass is 300 g/mol. The Morgan fingerprint density at radius 3 is 2.59 bits per heavy atom. The van der Waals surface area contributed by atoms with E-state index in [1.807, 2.05) is 12.1 Å². The van der Waals surface area contributed by atoms with Crippen LogP contribution in [0, 0.1) is 0 Å². The van der Waals surface area contributed by atoms with Gasteiger partial charge in [0.15, 0.2) is 0 Å². The van der Waals surface area contributed by atoms with Gasteiger partial charge < -0.3 is 10.2 Å². The lowest BCUT2D eigenvalue weighted by atomic mass is 9.98. The van der Waals surface area contributed by atoms with Crippen molar-refractivity contribution in [1.82, 2.24) is 0 Å². The Morgan fingerprint density at radius 2 is 2.06 bits per heavy atom. The summed E-state index contributed by atoms with van der Waals surface area (Å²) in [5.74, 6) is -0.200. The number of rotatable bonds is 5. The fourth-order valence-electron chi connectivity index (χ4n) is 1.63. The third kappa shape index (κ3) is 4.04. The maximum absolute atomic E-state index is 10.4. The zero-order valence-electron chi connectivity index (χ0n) is 10.0. The first-order chi connectivity index (χ1) is 7.91. The van der Waals surface area contributed by atoms with Gasteiger partial charge in [-0.1, -0.05) is 19.9 Å². The number of aliphatic carboxylic acids is 1. The van der Waals surface area contributed by atoms with Gasteiger partial charge in [0.05, 0.1) is 4.47 Å². The zero-order chi connectivity index (χ0) is 13.0. The molecule has 4 heteroatoms. The van der Waals surface area contributed by atoms with E-state index in [0.717, 1.165) is 11.1 Å². The molecule has 0 heterocycles. The predicted molar refractivity (Wildman–Crippen MR) is 70.5 cm³/mol. The molecule has 3 nitrogen and oxygen atoms in total. The van der Waals surface area contributed by atoms with Gasteiger partial charge in [-0.2, -0.15) is 0 Å². The van der Waals surface area contributed by atoms with Crippen LogP contribution in [0.3, 0.4) is 0 Å². The van der Waals surface area contributed by atoms with Crippen molar-refractivity contribution in [1.29, 1.82) is 0 Å². The van der Waals surface area contributed by atoms with E-state index in [0.29, 0.717) is 23.2 Å². The number of halogens is 1. The van der Waals surface area contributed by atoms with Gasteiger partial charge in [0.1, 0.15) is 5.75 Å². The minimum absolute atomic E-state index is 0.128. The zero-order valence-corrected chi connectivity index (χ0v) is 11.6. The Morgan fingerprint density at radius 1 is 1.41 bits per heavy atom. The van der Waals surface area contributed by atoms with E-state index < -0.39 is 5.97 Å². The summed E-state index contributed by atoms with van der Waals surface area (Å²) in [5, 5.41) is 18.5. The summed E-state index contributed by atoms with van der Waals surface area (Å²) in [6.45, 7) is 4.17. The number of aryl methyl sites for hydroxylation is 1. The Kier molecular flexibility index (Phi) is 5.00. The highest BCUT2D eigenvalue weighted by atomic mass is 79.9. The summed E-state index contributed by atoms with van der Waals surface area (Å²) in [6, 6.07) is 3.85. The summed E-state index contributed by atoms with van der Waals surface area (Å²) < 4.78 is 0.675. The summed E-state index contributed by atoms with van der Waals surface area (Å²) in [7, 11) is 0. The van der Waals surface area contributed by atoms with E-state index >= 15 is 0 Å². The van der Waals surface area contributed by atoms with Gasteiger partial charge in [0.2, 0.25) is 0 Å². The molecule has 0 bridgehead atoms. The molecule has 0 aromatic heterocycles. The summed E-state index contributed by atoms with van der Waals surface area (Å²) >= 11 is 3.32. The molecule has 94 valence electrons. The Hall–Kier alpha value is -1.03. The molecule has 0 aliphatic heterocycles. The van der Waals surface area contributed by atoms with Crippen molar-refractivity contribution < 1.29 is 15.0 Å². The standard InChI is InChI=1S/C13H17BrO3/c1-8(2)10-6-9(4-3-5-12(15)16)13(17)11(14)7-10/h6-8,17H,3-5H2,1-2H3,(H,15,16). The van der Waals surface area contributed by atoms with Crippen LogP contribution in [0.5, 0.6) is 5.75 Å². The van der Waals surface area contributed by atoms with E-state index in [2.05, 4.69) is 29.8 Å². The molecule has 1 aromatic rings. The van der Waals surface area contributed by atoms with Gasteiger partial charge in [0.25, 0.3) is 0 Å². The predicted octanol–water partition coefficient (Wildman–Crippen LogP) is 3.69. The number of phenolic OH excluding ortho intramolecular Hbond substituents is 1. The summed E-state index contributed by atoms with van der Waals surface area (Å²) in [5.41, 5.74) is 1.95. The van der Waals surface area contributed by atoms with Crippen LogP contribution >= 0.6 is 15.9 Å². The molecule has 1 rings (SSSR count).